The first-order chi connectivity index (χ1) is 18.6. The molecule has 38 heavy (non-hydrogen) atoms. The van der Waals surface area contributed by atoms with Crippen LogP contribution in [-0.4, -0.2) is 62.1 Å². The van der Waals surface area contributed by atoms with Crippen LogP contribution in [0, 0.1) is 12.7 Å². The molecule has 196 valence electrons. The van der Waals surface area contributed by atoms with Gasteiger partial charge in [-0.25, -0.2) is 19.3 Å². The number of nitrogens with zero attached hydrogens (tertiary/aromatic N) is 7. The van der Waals surface area contributed by atoms with Crippen LogP contribution in [0.4, 0.5) is 16.0 Å². The van der Waals surface area contributed by atoms with Gasteiger partial charge in [-0.15, -0.1) is 0 Å². The van der Waals surface area contributed by atoms with Gasteiger partial charge in [-0.05, 0) is 69.1 Å². The van der Waals surface area contributed by atoms with Gasteiger partial charge in [0.15, 0.2) is 0 Å². The number of rotatable bonds is 7. The van der Waals surface area contributed by atoms with Crippen LogP contribution in [-0.2, 0) is 6.54 Å². The molecule has 0 spiro atoms. The average molecular weight is 513 g/mol. The Morgan fingerprint density at radius 1 is 1.03 bits per heavy atom. The number of anilines is 2. The molecular weight excluding hydrogens is 479 g/mol. The van der Waals surface area contributed by atoms with E-state index in [4.69, 9.17) is 10.7 Å². The molecule has 0 amide bonds. The lowest BCUT2D eigenvalue weighted by Crippen LogP contribution is -2.39. The number of hydrogen-bond donors (Lipinski definition) is 1. The van der Waals surface area contributed by atoms with Crippen LogP contribution in [0.25, 0.3) is 22.4 Å². The van der Waals surface area contributed by atoms with Gasteiger partial charge in [-0.3, -0.25) is 4.98 Å². The van der Waals surface area contributed by atoms with Crippen LogP contribution >= 0.6 is 0 Å². The van der Waals surface area contributed by atoms with Crippen LogP contribution in [0.15, 0.2) is 55.2 Å². The number of hydrogen-bond acceptors (Lipinski definition) is 7. The zero-order valence-corrected chi connectivity index (χ0v) is 21.7. The molecule has 6 rings (SSSR count). The van der Waals surface area contributed by atoms with Crippen molar-refractivity contribution in [2.75, 3.05) is 43.4 Å². The maximum Gasteiger partial charge on any atom is 0.142 e. The molecule has 0 atom stereocenters. The summed E-state index contributed by atoms with van der Waals surface area (Å²) in [7, 11) is 0. The first-order valence-corrected chi connectivity index (χ1v) is 13.4. The second-order valence-corrected chi connectivity index (χ2v) is 10.3. The third-order valence-electron chi connectivity index (χ3n) is 7.83. The predicted octanol–water partition coefficient (Wildman–Crippen LogP) is 4.52. The van der Waals surface area contributed by atoms with E-state index in [1.54, 1.807) is 19.3 Å². The van der Waals surface area contributed by atoms with Gasteiger partial charge in [-0.2, -0.15) is 0 Å². The summed E-state index contributed by atoms with van der Waals surface area (Å²) >= 11 is 0. The Morgan fingerprint density at radius 2 is 1.87 bits per heavy atom. The van der Waals surface area contributed by atoms with E-state index in [0.717, 1.165) is 73.0 Å². The molecule has 0 radical (unpaired) electrons. The van der Waals surface area contributed by atoms with Crippen molar-refractivity contribution in [2.45, 2.75) is 38.6 Å². The molecule has 2 fully saturated rings. The first-order valence-electron chi connectivity index (χ1n) is 13.4. The lowest BCUT2D eigenvalue weighted by molar-refractivity contribution is 0.173. The lowest BCUT2D eigenvalue weighted by Gasteiger charge is -2.34. The number of nitrogens with two attached hydrogens (primary N) is 1. The van der Waals surface area contributed by atoms with Crippen LogP contribution in [0.2, 0.25) is 0 Å². The molecule has 2 aliphatic rings. The molecule has 9 heteroatoms. The van der Waals surface area contributed by atoms with E-state index in [9.17, 15) is 4.39 Å². The molecule has 1 aromatic carbocycles. The van der Waals surface area contributed by atoms with Crippen LogP contribution in [0.3, 0.4) is 0 Å². The Bertz CT molecular complexity index is 1410. The van der Waals surface area contributed by atoms with E-state index in [2.05, 4.69) is 35.5 Å². The summed E-state index contributed by atoms with van der Waals surface area (Å²) < 4.78 is 16.3. The summed E-state index contributed by atoms with van der Waals surface area (Å²) in [6, 6.07) is 9.15. The van der Waals surface area contributed by atoms with Crippen molar-refractivity contribution in [3.63, 3.8) is 0 Å². The van der Waals surface area contributed by atoms with Crippen molar-refractivity contribution < 1.29 is 4.39 Å². The van der Waals surface area contributed by atoms with Crippen LogP contribution in [0.1, 0.15) is 36.6 Å². The number of aryl methyl sites for hydroxylation is 1. The molecule has 4 aromatic rings. The van der Waals surface area contributed by atoms with Gasteiger partial charge in [0.1, 0.15) is 29.6 Å². The van der Waals surface area contributed by atoms with Crippen LogP contribution < -0.4 is 10.6 Å². The standard InChI is InChI=1S/C29H33FN8/c1-20-16-22(5-6-24(20)30)25-18-38(15-14-36-10-3-11-36)28(35-25)21-7-12-37(13-8-21)29-26(27(31)33-19-34-29)23-4-2-9-32-17-23/h2,4-6,9,16-19,21H,3,7-8,10-15H2,1H3,(H2,31,33,34). The van der Waals surface area contributed by atoms with E-state index in [0.29, 0.717) is 17.3 Å². The van der Waals surface area contributed by atoms with Crippen molar-refractivity contribution in [1.82, 2.24) is 29.4 Å². The van der Waals surface area contributed by atoms with Crippen molar-refractivity contribution >= 4 is 11.6 Å². The van der Waals surface area contributed by atoms with Crippen molar-refractivity contribution in [2.24, 2.45) is 0 Å². The Labute approximate surface area is 222 Å². The first kappa shape index (κ1) is 24.5. The molecule has 2 aliphatic heterocycles. The largest absolute Gasteiger partial charge is 0.383 e. The SMILES string of the molecule is Cc1cc(-c2cn(CCN3CCC3)c(C3CCN(c4ncnc(N)c4-c4cccnc4)CC3)n2)ccc1F. The summed E-state index contributed by atoms with van der Waals surface area (Å²) in [5.41, 5.74) is 10.6. The third kappa shape index (κ3) is 4.86. The number of aromatic nitrogens is 5. The van der Waals surface area contributed by atoms with E-state index in [1.165, 1.54) is 31.9 Å². The number of halogens is 1. The fraction of sp³-hybridized carbons (Fsp3) is 0.379. The highest BCUT2D eigenvalue weighted by Gasteiger charge is 2.28. The Balaban J connectivity index is 1.24. The zero-order chi connectivity index (χ0) is 26.1. The monoisotopic (exact) mass is 512 g/mol. The fourth-order valence-corrected chi connectivity index (χ4v) is 5.50. The molecule has 0 saturated carbocycles. The molecule has 2 saturated heterocycles. The molecule has 0 unspecified atom stereocenters. The minimum Gasteiger partial charge on any atom is -0.383 e. The van der Waals surface area contributed by atoms with Gasteiger partial charge in [-0.1, -0.05) is 6.07 Å². The number of likely N-dealkylation sites (tertiary alicyclic amines) is 1. The van der Waals surface area contributed by atoms with Crippen molar-refractivity contribution in [1.29, 1.82) is 0 Å². The highest BCUT2D eigenvalue weighted by Crippen LogP contribution is 2.37. The van der Waals surface area contributed by atoms with E-state index < -0.39 is 0 Å². The summed E-state index contributed by atoms with van der Waals surface area (Å²) in [4.78, 5) is 23.0. The maximum absolute atomic E-state index is 13.9. The quantitative estimate of drug-likeness (QED) is 0.389. The fourth-order valence-electron chi connectivity index (χ4n) is 5.50. The minimum atomic E-state index is -0.186. The maximum atomic E-state index is 13.9. The predicted molar refractivity (Wildman–Crippen MR) is 147 cm³/mol. The molecule has 8 nitrogen and oxygen atoms in total. The smallest absolute Gasteiger partial charge is 0.142 e. The molecule has 5 heterocycles. The van der Waals surface area contributed by atoms with Gasteiger partial charge in [0, 0.05) is 61.8 Å². The number of pyridine rings is 1. The van der Waals surface area contributed by atoms with Crippen molar-refractivity contribution in [3.8, 4) is 22.4 Å². The number of piperidine rings is 1. The van der Waals surface area contributed by atoms with Crippen molar-refractivity contribution in [3.05, 3.63) is 72.5 Å². The second kappa shape index (κ2) is 10.5. The van der Waals surface area contributed by atoms with Gasteiger partial charge < -0.3 is 20.1 Å². The molecule has 3 aromatic heterocycles. The number of benzene rings is 1. The Hall–Kier alpha value is -3.85. The normalized spacial score (nSPS) is 16.5. The van der Waals surface area contributed by atoms with Gasteiger partial charge in [0.25, 0.3) is 0 Å². The number of imidazole rings is 1. The second-order valence-electron chi connectivity index (χ2n) is 10.3. The van der Waals surface area contributed by atoms with Gasteiger partial charge in [0.05, 0.1) is 11.3 Å². The molecule has 2 N–H and O–H groups in total. The highest BCUT2D eigenvalue weighted by molar-refractivity contribution is 5.83. The highest BCUT2D eigenvalue weighted by atomic mass is 19.1. The van der Waals surface area contributed by atoms with Crippen LogP contribution in [0.5, 0.6) is 0 Å². The van der Waals surface area contributed by atoms with Gasteiger partial charge in [0.2, 0.25) is 0 Å². The molecular formula is C29H33FN8. The average Bonchev–Trinajstić information content (AvgIpc) is 3.34. The Kier molecular flexibility index (Phi) is 6.76. The minimum absolute atomic E-state index is 0.186. The Morgan fingerprint density at radius 3 is 2.58 bits per heavy atom. The van der Waals surface area contributed by atoms with E-state index >= 15 is 0 Å². The summed E-state index contributed by atoms with van der Waals surface area (Å²) in [6.45, 7) is 7.78. The third-order valence-corrected chi connectivity index (χ3v) is 7.83. The lowest BCUT2D eigenvalue weighted by atomic mass is 9.95. The summed E-state index contributed by atoms with van der Waals surface area (Å²) in [5.74, 6) is 2.59. The van der Waals surface area contributed by atoms with E-state index in [1.807, 2.05) is 24.3 Å². The zero-order valence-electron chi connectivity index (χ0n) is 21.7. The summed E-state index contributed by atoms with van der Waals surface area (Å²) in [5, 5.41) is 0. The summed E-state index contributed by atoms with van der Waals surface area (Å²) in [6.07, 6.45) is 10.4. The van der Waals surface area contributed by atoms with Gasteiger partial charge >= 0.3 is 0 Å². The topological polar surface area (TPSA) is 89.0 Å². The molecule has 0 aliphatic carbocycles. The van der Waals surface area contributed by atoms with E-state index in [-0.39, 0.29) is 5.82 Å². The molecule has 0 bridgehead atoms. The number of nitrogen functional groups attached to an aromatic ring is 1.